The predicted octanol–water partition coefficient (Wildman–Crippen LogP) is 3.56. The first-order valence-electron chi connectivity index (χ1n) is 6.18. The minimum atomic E-state index is -0.523. The number of anilines is 1. The molecule has 0 saturated heterocycles. The van der Waals surface area contributed by atoms with Gasteiger partial charge in [-0.05, 0) is 36.4 Å². The van der Waals surface area contributed by atoms with Crippen LogP contribution in [0.3, 0.4) is 0 Å². The van der Waals surface area contributed by atoms with Gasteiger partial charge in [-0.1, -0.05) is 22.0 Å². The molecule has 0 spiro atoms. The molecule has 0 radical (unpaired) electrons. The Kier molecular flexibility index (Phi) is 5.76. The predicted molar refractivity (Wildman–Crippen MR) is 87.2 cm³/mol. The topological polar surface area (TPSA) is 55.5 Å². The number of nitrogen functional groups attached to an aromatic ring is 1. The summed E-state index contributed by atoms with van der Waals surface area (Å²) < 4.78 is 6.55. The van der Waals surface area contributed by atoms with Gasteiger partial charge in [0.2, 0.25) is 0 Å². The van der Waals surface area contributed by atoms with Crippen LogP contribution in [0.25, 0.3) is 0 Å². The molecule has 2 aromatic carbocycles. The maximum absolute atomic E-state index is 9.91. The van der Waals surface area contributed by atoms with Crippen molar-refractivity contribution in [2.24, 2.45) is 0 Å². The number of aliphatic hydroxyl groups is 1. The molecular weight excluding hydrogens is 338 g/mol. The van der Waals surface area contributed by atoms with Gasteiger partial charge >= 0.3 is 0 Å². The van der Waals surface area contributed by atoms with Gasteiger partial charge in [0.15, 0.2) is 0 Å². The zero-order valence-electron chi connectivity index (χ0n) is 10.8. The van der Waals surface area contributed by atoms with E-state index in [0.717, 1.165) is 9.37 Å². The van der Waals surface area contributed by atoms with Gasteiger partial charge < -0.3 is 15.6 Å². The van der Waals surface area contributed by atoms with Crippen LogP contribution >= 0.6 is 27.7 Å². The van der Waals surface area contributed by atoms with Crippen molar-refractivity contribution < 1.29 is 9.84 Å². The van der Waals surface area contributed by atoms with Crippen LogP contribution in [0, 0.1) is 0 Å². The second kappa shape index (κ2) is 7.57. The molecule has 5 heteroatoms. The van der Waals surface area contributed by atoms with E-state index in [2.05, 4.69) is 15.9 Å². The number of hydrogen-bond acceptors (Lipinski definition) is 4. The zero-order valence-corrected chi connectivity index (χ0v) is 13.2. The van der Waals surface area contributed by atoms with Crippen molar-refractivity contribution in [3.8, 4) is 5.75 Å². The van der Waals surface area contributed by atoms with Crippen molar-refractivity contribution in [2.45, 2.75) is 11.0 Å². The fourth-order valence-corrected chi connectivity index (χ4v) is 2.64. The quantitative estimate of drug-likeness (QED) is 0.615. The molecule has 0 fully saturated rings. The Morgan fingerprint density at radius 1 is 1.20 bits per heavy atom. The number of rotatable bonds is 6. The van der Waals surface area contributed by atoms with Gasteiger partial charge in [-0.15, -0.1) is 11.8 Å². The molecule has 20 heavy (non-hydrogen) atoms. The highest BCUT2D eigenvalue weighted by atomic mass is 79.9. The van der Waals surface area contributed by atoms with Crippen molar-refractivity contribution in [2.75, 3.05) is 18.1 Å². The minimum absolute atomic E-state index is 0.257. The number of hydrogen-bond donors (Lipinski definition) is 2. The lowest BCUT2D eigenvalue weighted by molar-refractivity contribution is 0.126. The van der Waals surface area contributed by atoms with Crippen LogP contribution in [-0.2, 0) is 0 Å². The van der Waals surface area contributed by atoms with E-state index in [9.17, 15) is 5.11 Å². The first kappa shape index (κ1) is 15.2. The molecule has 0 amide bonds. The number of ether oxygens (including phenoxy) is 1. The molecule has 2 rings (SSSR count). The summed E-state index contributed by atoms with van der Waals surface area (Å²) in [5, 5.41) is 9.91. The summed E-state index contributed by atoms with van der Waals surface area (Å²) in [4.78, 5) is 1.12. The van der Waals surface area contributed by atoms with Gasteiger partial charge in [-0.3, -0.25) is 0 Å². The van der Waals surface area contributed by atoms with Gasteiger partial charge in [0.25, 0.3) is 0 Å². The number of aliphatic hydroxyl groups excluding tert-OH is 1. The molecule has 0 aliphatic carbocycles. The van der Waals surface area contributed by atoms with Crippen LogP contribution in [0.2, 0.25) is 0 Å². The van der Waals surface area contributed by atoms with Gasteiger partial charge in [-0.2, -0.15) is 0 Å². The normalized spacial score (nSPS) is 12.1. The van der Waals surface area contributed by atoms with Crippen molar-refractivity contribution >= 4 is 33.4 Å². The lowest BCUT2D eigenvalue weighted by Crippen LogP contribution is -2.20. The summed E-state index contributed by atoms with van der Waals surface area (Å²) >= 11 is 4.99. The second-order valence-corrected chi connectivity index (χ2v) is 6.31. The highest BCUT2D eigenvalue weighted by Gasteiger charge is 2.06. The van der Waals surface area contributed by atoms with Gasteiger partial charge in [-0.25, -0.2) is 0 Å². The molecular formula is C15H16BrNO2S. The monoisotopic (exact) mass is 353 g/mol. The fraction of sp³-hybridized carbons (Fsp3) is 0.200. The molecule has 2 aromatic rings. The Hall–Kier alpha value is -1.17. The molecule has 0 aromatic heterocycles. The third kappa shape index (κ3) is 5.07. The van der Waals surface area contributed by atoms with Gasteiger partial charge in [0, 0.05) is 26.9 Å². The van der Waals surface area contributed by atoms with E-state index in [0.29, 0.717) is 17.2 Å². The van der Waals surface area contributed by atoms with Crippen LogP contribution in [0.15, 0.2) is 57.9 Å². The molecule has 106 valence electrons. The number of thioether (sulfide) groups is 1. The van der Waals surface area contributed by atoms with Crippen LogP contribution in [0.4, 0.5) is 5.69 Å². The molecule has 1 unspecified atom stereocenters. The van der Waals surface area contributed by atoms with E-state index in [1.807, 2.05) is 36.4 Å². The number of benzene rings is 2. The first-order chi connectivity index (χ1) is 9.63. The number of nitrogens with two attached hydrogens (primary N) is 1. The lowest BCUT2D eigenvalue weighted by atomic mass is 10.3. The molecule has 0 heterocycles. The largest absolute Gasteiger partial charge is 0.491 e. The first-order valence-corrected chi connectivity index (χ1v) is 7.96. The van der Waals surface area contributed by atoms with Gasteiger partial charge in [0.05, 0.1) is 6.10 Å². The summed E-state index contributed by atoms with van der Waals surface area (Å²) in [7, 11) is 0. The summed E-state index contributed by atoms with van der Waals surface area (Å²) in [6.45, 7) is 0.257. The smallest absolute Gasteiger partial charge is 0.121 e. The molecule has 3 nitrogen and oxygen atoms in total. The summed E-state index contributed by atoms with van der Waals surface area (Å²) in [5.41, 5.74) is 6.32. The van der Waals surface area contributed by atoms with E-state index in [1.165, 1.54) is 0 Å². The second-order valence-electron chi connectivity index (χ2n) is 4.30. The maximum Gasteiger partial charge on any atom is 0.121 e. The van der Waals surface area contributed by atoms with E-state index < -0.39 is 6.10 Å². The van der Waals surface area contributed by atoms with Gasteiger partial charge in [0.1, 0.15) is 12.4 Å². The third-order valence-electron chi connectivity index (χ3n) is 2.56. The molecule has 0 bridgehead atoms. The maximum atomic E-state index is 9.91. The molecule has 0 aliphatic heterocycles. The third-order valence-corrected chi connectivity index (χ3v) is 4.24. The van der Waals surface area contributed by atoms with Crippen LogP contribution in [0.5, 0.6) is 5.75 Å². The SMILES string of the molecule is Nc1cccc(OCC(O)CSc2ccc(Br)cc2)c1. The Morgan fingerprint density at radius 3 is 2.65 bits per heavy atom. The lowest BCUT2D eigenvalue weighted by Gasteiger charge is -2.12. The van der Waals surface area contributed by atoms with Crippen molar-refractivity contribution in [3.05, 3.63) is 53.0 Å². The number of halogens is 1. The molecule has 3 N–H and O–H groups in total. The average Bonchev–Trinajstić information content (AvgIpc) is 2.45. The Morgan fingerprint density at radius 2 is 1.95 bits per heavy atom. The summed E-state index contributed by atoms with van der Waals surface area (Å²) in [6.07, 6.45) is -0.523. The average molecular weight is 354 g/mol. The van der Waals surface area contributed by atoms with Crippen LogP contribution < -0.4 is 10.5 Å². The van der Waals surface area contributed by atoms with Crippen molar-refractivity contribution in [3.63, 3.8) is 0 Å². The van der Waals surface area contributed by atoms with Crippen molar-refractivity contribution in [1.82, 2.24) is 0 Å². The van der Waals surface area contributed by atoms with Crippen molar-refractivity contribution in [1.29, 1.82) is 0 Å². The summed E-state index contributed by atoms with van der Waals surface area (Å²) in [6, 6.07) is 15.2. The highest BCUT2D eigenvalue weighted by Crippen LogP contribution is 2.21. The summed E-state index contributed by atoms with van der Waals surface area (Å²) in [5.74, 6) is 1.27. The van der Waals surface area contributed by atoms with E-state index in [1.54, 1.807) is 23.9 Å². The Bertz CT molecular complexity index is 548. The Balaban J connectivity index is 1.75. The Labute approximate surface area is 131 Å². The van der Waals surface area contributed by atoms with E-state index >= 15 is 0 Å². The van der Waals surface area contributed by atoms with Crippen LogP contribution in [-0.4, -0.2) is 23.6 Å². The van der Waals surface area contributed by atoms with E-state index in [4.69, 9.17) is 10.5 Å². The minimum Gasteiger partial charge on any atom is -0.491 e. The zero-order chi connectivity index (χ0) is 14.4. The molecule has 0 saturated carbocycles. The fourth-order valence-electron chi connectivity index (χ4n) is 1.57. The standard InChI is InChI=1S/C15H16BrNO2S/c16-11-4-6-15(7-5-11)20-10-13(18)9-19-14-3-1-2-12(17)8-14/h1-8,13,18H,9-10,17H2. The van der Waals surface area contributed by atoms with Crippen LogP contribution in [0.1, 0.15) is 0 Å². The molecule has 0 aliphatic rings. The molecule has 1 atom stereocenters. The highest BCUT2D eigenvalue weighted by molar-refractivity contribution is 9.10. The van der Waals surface area contributed by atoms with E-state index in [-0.39, 0.29) is 6.61 Å².